The van der Waals surface area contributed by atoms with E-state index in [-0.39, 0.29) is 43.3 Å². The van der Waals surface area contributed by atoms with Crippen molar-refractivity contribution in [3.05, 3.63) is 29.3 Å². The van der Waals surface area contributed by atoms with Crippen LogP contribution in [0.1, 0.15) is 84.3 Å². The molecule has 40 heavy (non-hydrogen) atoms. The molecule has 222 valence electrons. The van der Waals surface area contributed by atoms with Crippen LogP contribution in [0.2, 0.25) is 0 Å². The maximum atomic E-state index is 12.7. The lowest BCUT2D eigenvalue weighted by Crippen LogP contribution is -2.51. The Balaban J connectivity index is 2.50. The molecule has 5 amide bonds. The van der Waals surface area contributed by atoms with Gasteiger partial charge in [0.15, 0.2) is 0 Å². The van der Waals surface area contributed by atoms with Crippen molar-refractivity contribution >= 4 is 41.7 Å². The highest BCUT2D eigenvalue weighted by Crippen LogP contribution is 2.18. The fourth-order valence-corrected chi connectivity index (χ4v) is 3.95. The molecule has 0 saturated carbocycles. The number of nitrogens with one attached hydrogen (secondary N) is 3. The average Bonchev–Trinajstić information content (AvgIpc) is 2.91. The normalized spacial score (nSPS) is 11.3. The molecule has 1 unspecified atom stereocenters. The number of nitrogens with zero attached hydrogens (tertiary/aromatic N) is 1. The van der Waals surface area contributed by atoms with Crippen molar-refractivity contribution in [3.8, 4) is 0 Å². The molecule has 11 heteroatoms. The van der Waals surface area contributed by atoms with E-state index in [0.717, 1.165) is 11.1 Å². The van der Waals surface area contributed by atoms with Crippen molar-refractivity contribution in [1.82, 2.24) is 15.5 Å². The van der Waals surface area contributed by atoms with Gasteiger partial charge in [0.2, 0.25) is 30.0 Å². The molecule has 3 N–H and O–H groups in total. The second kappa shape index (κ2) is 18.5. The summed E-state index contributed by atoms with van der Waals surface area (Å²) in [5.74, 6) is -1.93. The molecule has 1 aromatic rings. The molecule has 0 bridgehead atoms. The summed E-state index contributed by atoms with van der Waals surface area (Å²) in [6.07, 6.45) is 4.23. The van der Waals surface area contributed by atoms with E-state index in [1.54, 1.807) is 32.0 Å². The second-order valence-electron chi connectivity index (χ2n) is 9.93. The minimum Gasteiger partial charge on any atom is -0.461 e. The van der Waals surface area contributed by atoms with Crippen LogP contribution in [0.25, 0.3) is 0 Å². The summed E-state index contributed by atoms with van der Waals surface area (Å²) in [5.41, 5.74) is 2.34. The predicted octanol–water partition coefficient (Wildman–Crippen LogP) is 2.85. The Labute approximate surface area is 236 Å². The van der Waals surface area contributed by atoms with Gasteiger partial charge in [-0.3, -0.25) is 33.7 Å². The molecule has 1 atom stereocenters. The summed E-state index contributed by atoms with van der Waals surface area (Å²) in [6.45, 7) is 8.99. The van der Waals surface area contributed by atoms with Crippen LogP contribution in [0, 0.1) is 5.92 Å². The number of hydrogen-bond donors (Lipinski definition) is 3. The van der Waals surface area contributed by atoms with Crippen LogP contribution in [0.3, 0.4) is 0 Å². The monoisotopic (exact) mass is 560 g/mol. The Morgan fingerprint density at radius 2 is 1.70 bits per heavy atom. The lowest BCUT2D eigenvalue weighted by Gasteiger charge is -2.22. The molecule has 0 fully saturated rings. The molecule has 0 aliphatic rings. The van der Waals surface area contributed by atoms with E-state index in [1.165, 1.54) is 11.8 Å². The Kier molecular flexibility index (Phi) is 15.9. The molecular weight excluding hydrogens is 516 g/mol. The minimum atomic E-state index is -0.801. The molecule has 0 aliphatic carbocycles. The molecule has 11 nitrogen and oxygen atoms in total. The summed E-state index contributed by atoms with van der Waals surface area (Å²) in [4.78, 5) is 72.8. The van der Waals surface area contributed by atoms with E-state index in [0.29, 0.717) is 57.2 Å². The fraction of sp³-hybridized carbons (Fsp3) is 0.586. The van der Waals surface area contributed by atoms with Crippen LogP contribution in [-0.4, -0.2) is 60.0 Å². The Hall–Kier alpha value is -3.76. The topological polar surface area (TPSA) is 151 Å². The molecule has 0 aromatic heterocycles. The van der Waals surface area contributed by atoms with Crippen molar-refractivity contribution in [2.24, 2.45) is 5.92 Å². The number of rotatable bonds is 18. The van der Waals surface area contributed by atoms with Gasteiger partial charge in [0.05, 0.1) is 6.54 Å². The van der Waals surface area contributed by atoms with Crippen LogP contribution in [0.15, 0.2) is 18.2 Å². The maximum Gasteiger partial charge on any atom is 0.302 e. The molecule has 0 aliphatic heterocycles. The van der Waals surface area contributed by atoms with Crippen LogP contribution in [0.5, 0.6) is 0 Å². The summed E-state index contributed by atoms with van der Waals surface area (Å²) < 4.78 is 5.06. The van der Waals surface area contributed by atoms with Crippen LogP contribution in [-0.2, 0) is 46.5 Å². The van der Waals surface area contributed by atoms with E-state index in [9.17, 15) is 28.8 Å². The first kappa shape index (κ1) is 34.3. The standard InChI is InChI=1S/C29H44N4O7/c1-6-11-27(38)33(19-34)15-10-8-9-12-25(36)32-28(20(3)4)29(39)30-17-26(37)31-24-14-13-23(18-40-21(5)35)22(7-2)16-24/h13-14,16,19-20,28H,6-12,15,17-18H2,1-5H3,(H,30,39)(H,31,37)(H,32,36). The average molecular weight is 561 g/mol. The van der Waals surface area contributed by atoms with E-state index in [1.807, 2.05) is 13.8 Å². The Morgan fingerprint density at radius 3 is 2.30 bits per heavy atom. The summed E-state index contributed by atoms with van der Waals surface area (Å²) in [7, 11) is 0. The summed E-state index contributed by atoms with van der Waals surface area (Å²) in [6, 6.07) is 4.48. The van der Waals surface area contributed by atoms with E-state index in [4.69, 9.17) is 4.74 Å². The highest BCUT2D eigenvalue weighted by Gasteiger charge is 2.24. The summed E-state index contributed by atoms with van der Waals surface area (Å²) >= 11 is 0. The van der Waals surface area contributed by atoms with Crippen LogP contribution < -0.4 is 16.0 Å². The first-order chi connectivity index (χ1) is 19.0. The SMILES string of the molecule is CCCC(=O)N(C=O)CCCCCC(=O)NC(C(=O)NCC(=O)Nc1ccc(COC(C)=O)c(CC)c1)C(C)C. The number of carbonyl (C=O) groups excluding carboxylic acids is 6. The van der Waals surface area contributed by atoms with Gasteiger partial charge in [0.1, 0.15) is 12.6 Å². The van der Waals surface area contributed by atoms with Gasteiger partial charge < -0.3 is 20.7 Å². The zero-order chi connectivity index (χ0) is 30.1. The fourth-order valence-electron chi connectivity index (χ4n) is 3.95. The van der Waals surface area contributed by atoms with E-state index < -0.39 is 17.9 Å². The first-order valence-corrected chi connectivity index (χ1v) is 13.9. The number of aryl methyl sites for hydroxylation is 1. The van der Waals surface area contributed by atoms with Crippen molar-refractivity contribution in [2.45, 2.75) is 92.2 Å². The van der Waals surface area contributed by atoms with Crippen molar-refractivity contribution in [1.29, 1.82) is 0 Å². The number of anilines is 1. The molecule has 0 saturated heterocycles. The number of amides is 5. The van der Waals surface area contributed by atoms with Gasteiger partial charge in [-0.2, -0.15) is 0 Å². The zero-order valence-electron chi connectivity index (χ0n) is 24.3. The molecule has 0 spiro atoms. The van der Waals surface area contributed by atoms with Gasteiger partial charge in [-0.1, -0.05) is 40.2 Å². The molecule has 1 rings (SSSR count). The first-order valence-electron chi connectivity index (χ1n) is 13.9. The molecule has 0 heterocycles. The second-order valence-corrected chi connectivity index (χ2v) is 9.93. The third-order valence-corrected chi connectivity index (χ3v) is 6.20. The third-order valence-electron chi connectivity index (χ3n) is 6.20. The maximum absolute atomic E-state index is 12.7. The number of hydrogen-bond acceptors (Lipinski definition) is 7. The number of imide groups is 1. The lowest BCUT2D eigenvalue weighted by molar-refractivity contribution is -0.142. The quantitative estimate of drug-likeness (QED) is 0.142. The number of unbranched alkanes of at least 4 members (excludes halogenated alkanes) is 2. The van der Waals surface area contributed by atoms with Crippen LogP contribution >= 0.6 is 0 Å². The highest BCUT2D eigenvalue weighted by atomic mass is 16.5. The van der Waals surface area contributed by atoms with E-state index >= 15 is 0 Å². The largest absolute Gasteiger partial charge is 0.461 e. The van der Waals surface area contributed by atoms with Crippen molar-refractivity contribution < 1.29 is 33.5 Å². The van der Waals surface area contributed by atoms with Gasteiger partial charge in [0.25, 0.3) is 0 Å². The van der Waals surface area contributed by atoms with Crippen molar-refractivity contribution in [3.63, 3.8) is 0 Å². The van der Waals surface area contributed by atoms with Gasteiger partial charge in [-0.15, -0.1) is 0 Å². The minimum absolute atomic E-state index is 0.157. The summed E-state index contributed by atoms with van der Waals surface area (Å²) in [5, 5.41) is 8.07. The van der Waals surface area contributed by atoms with E-state index in [2.05, 4.69) is 16.0 Å². The van der Waals surface area contributed by atoms with Crippen molar-refractivity contribution in [2.75, 3.05) is 18.4 Å². The third kappa shape index (κ3) is 12.9. The number of ether oxygens (including phenoxy) is 1. The lowest BCUT2D eigenvalue weighted by atomic mass is 10.0. The smallest absolute Gasteiger partial charge is 0.302 e. The predicted molar refractivity (Wildman–Crippen MR) is 151 cm³/mol. The Morgan fingerprint density at radius 1 is 0.975 bits per heavy atom. The Bertz CT molecular complexity index is 1030. The zero-order valence-corrected chi connectivity index (χ0v) is 24.3. The number of carbonyl (C=O) groups is 6. The number of esters is 1. The van der Waals surface area contributed by atoms with Crippen LogP contribution in [0.4, 0.5) is 5.69 Å². The molecule has 0 radical (unpaired) electrons. The van der Waals surface area contributed by atoms with Gasteiger partial charge >= 0.3 is 5.97 Å². The highest BCUT2D eigenvalue weighted by molar-refractivity contribution is 5.96. The van der Waals surface area contributed by atoms with Gasteiger partial charge in [0, 0.05) is 32.0 Å². The number of benzene rings is 1. The van der Waals surface area contributed by atoms with Gasteiger partial charge in [-0.25, -0.2) is 0 Å². The van der Waals surface area contributed by atoms with Gasteiger partial charge in [-0.05, 0) is 54.9 Å². The molecule has 1 aromatic carbocycles. The molecular formula is C29H44N4O7.